The fraction of sp³-hybridized carbons (Fsp3) is 0.400. The first-order chi connectivity index (χ1) is 9.49. The molecule has 1 unspecified atom stereocenters. The van der Waals surface area contributed by atoms with E-state index >= 15 is 0 Å². The Kier molecular flexibility index (Phi) is 4.39. The van der Waals surface area contributed by atoms with E-state index in [1.807, 2.05) is 11.5 Å². The van der Waals surface area contributed by atoms with Crippen LogP contribution < -0.4 is 10.5 Å². The molecule has 1 atom stereocenters. The zero-order valence-corrected chi connectivity index (χ0v) is 12.0. The number of imidazole rings is 1. The fourth-order valence-electron chi connectivity index (χ4n) is 1.98. The molecule has 1 heterocycles. The van der Waals surface area contributed by atoms with Gasteiger partial charge in [-0.15, -0.1) is 0 Å². The Morgan fingerprint density at radius 2 is 2.10 bits per heavy atom. The topological polar surface area (TPSA) is 53.1 Å². The zero-order valence-electron chi connectivity index (χ0n) is 12.0. The highest BCUT2D eigenvalue weighted by Crippen LogP contribution is 2.22. The lowest BCUT2D eigenvalue weighted by Crippen LogP contribution is -2.08. The monoisotopic (exact) mass is 277 g/mol. The second-order valence-electron chi connectivity index (χ2n) is 5.15. The summed E-state index contributed by atoms with van der Waals surface area (Å²) in [6, 6.07) is 4.91. The van der Waals surface area contributed by atoms with Crippen LogP contribution in [0.2, 0.25) is 0 Å². The second-order valence-corrected chi connectivity index (χ2v) is 5.15. The van der Waals surface area contributed by atoms with E-state index in [4.69, 9.17) is 10.5 Å². The van der Waals surface area contributed by atoms with Crippen molar-refractivity contribution in [3.05, 3.63) is 47.8 Å². The molecule has 0 aliphatic heterocycles. The molecule has 5 heteroatoms. The van der Waals surface area contributed by atoms with E-state index in [0.717, 1.165) is 11.3 Å². The molecular formula is C15H20FN3O. The quantitative estimate of drug-likeness (QED) is 0.913. The summed E-state index contributed by atoms with van der Waals surface area (Å²) in [4.78, 5) is 4.09. The Hall–Kier alpha value is -1.88. The van der Waals surface area contributed by atoms with E-state index in [1.54, 1.807) is 24.7 Å². The summed E-state index contributed by atoms with van der Waals surface area (Å²) in [6.07, 6.45) is 3.48. The first-order valence-electron chi connectivity index (χ1n) is 6.67. The van der Waals surface area contributed by atoms with Crippen molar-refractivity contribution in [2.45, 2.75) is 39.5 Å². The summed E-state index contributed by atoms with van der Waals surface area (Å²) >= 11 is 0. The lowest BCUT2D eigenvalue weighted by molar-refractivity contribution is 0.277. The van der Waals surface area contributed by atoms with Gasteiger partial charge in [0.15, 0.2) is 11.6 Å². The van der Waals surface area contributed by atoms with Crippen molar-refractivity contribution in [3.63, 3.8) is 0 Å². The Bertz CT molecular complexity index is 578. The fourth-order valence-corrected chi connectivity index (χ4v) is 1.98. The maximum atomic E-state index is 13.9. The van der Waals surface area contributed by atoms with Crippen LogP contribution in [0.4, 0.5) is 4.39 Å². The lowest BCUT2D eigenvalue weighted by atomic mass is 10.1. The van der Waals surface area contributed by atoms with Gasteiger partial charge in [0.2, 0.25) is 0 Å². The number of rotatable bonds is 5. The van der Waals surface area contributed by atoms with E-state index < -0.39 is 5.82 Å². The van der Waals surface area contributed by atoms with Crippen molar-refractivity contribution in [3.8, 4) is 5.75 Å². The highest BCUT2D eigenvalue weighted by Gasteiger charge is 2.10. The van der Waals surface area contributed by atoms with Crippen LogP contribution in [-0.2, 0) is 6.61 Å². The number of aromatic nitrogens is 2. The SMILES string of the molecule is CC(N)c1ccc(OCc2cncn2C(C)C)c(F)c1. The molecule has 0 saturated carbocycles. The Morgan fingerprint density at radius 3 is 2.70 bits per heavy atom. The van der Waals surface area contributed by atoms with Gasteiger partial charge in [0.25, 0.3) is 0 Å². The molecule has 0 amide bonds. The third-order valence-corrected chi connectivity index (χ3v) is 3.16. The first kappa shape index (κ1) is 14.5. The highest BCUT2D eigenvalue weighted by molar-refractivity contribution is 5.30. The molecule has 2 aromatic rings. The minimum atomic E-state index is -0.393. The van der Waals surface area contributed by atoms with Crippen LogP contribution in [0.3, 0.4) is 0 Å². The summed E-state index contributed by atoms with van der Waals surface area (Å²) in [5, 5.41) is 0. The van der Waals surface area contributed by atoms with Gasteiger partial charge in [0.05, 0.1) is 18.2 Å². The number of nitrogens with zero attached hydrogens (tertiary/aromatic N) is 2. The molecule has 2 N–H and O–H groups in total. The summed E-state index contributed by atoms with van der Waals surface area (Å²) in [6.45, 7) is 6.22. The predicted octanol–water partition coefficient (Wildman–Crippen LogP) is 3.20. The molecule has 0 fully saturated rings. The summed E-state index contributed by atoms with van der Waals surface area (Å²) < 4.78 is 21.4. The number of hydrogen-bond acceptors (Lipinski definition) is 3. The summed E-state index contributed by atoms with van der Waals surface area (Å²) in [5.41, 5.74) is 7.38. The Balaban J connectivity index is 2.09. The van der Waals surface area contributed by atoms with Crippen LogP contribution in [0, 0.1) is 5.82 Å². The molecule has 0 saturated heterocycles. The van der Waals surface area contributed by atoms with Crippen LogP contribution in [-0.4, -0.2) is 9.55 Å². The number of hydrogen-bond donors (Lipinski definition) is 1. The molecule has 0 aliphatic carbocycles. The largest absolute Gasteiger partial charge is 0.484 e. The van der Waals surface area contributed by atoms with Gasteiger partial charge in [-0.25, -0.2) is 9.37 Å². The van der Waals surface area contributed by atoms with Crippen molar-refractivity contribution in [1.82, 2.24) is 9.55 Å². The third-order valence-electron chi connectivity index (χ3n) is 3.16. The number of nitrogens with two attached hydrogens (primary N) is 1. The molecule has 0 bridgehead atoms. The average Bonchev–Trinajstić information content (AvgIpc) is 2.85. The van der Waals surface area contributed by atoms with Gasteiger partial charge in [-0.1, -0.05) is 6.07 Å². The van der Waals surface area contributed by atoms with Crippen LogP contribution in [0.25, 0.3) is 0 Å². The smallest absolute Gasteiger partial charge is 0.165 e. The molecule has 0 aliphatic rings. The van der Waals surface area contributed by atoms with Gasteiger partial charge in [-0.05, 0) is 38.5 Å². The molecule has 1 aromatic heterocycles. The molecule has 108 valence electrons. The van der Waals surface area contributed by atoms with Crippen molar-refractivity contribution >= 4 is 0 Å². The average molecular weight is 277 g/mol. The van der Waals surface area contributed by atoms with E-state index in [1.165, 1.54) is 6.07 Å². The van der Waals surface area contributed by atoms with Gasteiger partial charge < -0.3 is 15.0 Å². The van der Waals surface area contributed by atoms with Gasteiger partial charge in [0.1, 0.15) is 6.61 Å². The van der Waals surface area contributed by atoms with E-state index in [-0.39, 0.29) is 18.4 Å². The highest BCUT2D eigenvalue weighted by atomic mass is 19.1. The number of halogens is 1. The maximum Gasteiger partial charge on any atom is 0.165 e. The van der Waals surface area contributed by atoms with Gasteiger partial charge >= 0.3 is 0 Å². The van der Waals surface area contributed by atoms with Crippen molar-refractivity contribution < 1.29 is 9.13 Å². The van der Waals surface area contributed by atoms with Crippen molar-refractivity contribution in [1.29, 1.82) is 0 Å². The predicted molar refractivity (Wildman–Crippen MR) is 75.9 cm³/mol. The second kappa shape index (κ2) is 6.05. The molecule has 1 aromatic carbocycles. The van der Waals surface area contributed by atoms with Crippen LogP contribution in [0.5, 0.6) is 5.75 Å². The normalized spacial score (nSPS) is 12.7. The number of benzene rings is 1. The maximum absolute atomic E-state index is 13.9. The standard InChI is InChI=1S/C15H20FN3O/c1-10(2)19-9-18-7-13(19)8-20-15-5-4-12(11(3)17)6-14(15)16/h4-7,9-11H,8,17H2,1-3H3. The minimum Gasteiger partial charge on any atom is -0.484 e. The van der Waals surface area contributed by atoms with E-state index in [2.05, 4.69) is 18.8 Å². The van der Waals surface area contributed by atoms with Crippen molar-refractivity contribution in [2.75, 3.05) is 0 Å². The van der Waals surface area contributed by atoms with Crippen LogP contribution >= 0.6 is 0 Å². The van der Waals surface area contributed by atoms with Gasteiger partial charge in [-0.3, -0.25) is 0 Å². The van der Waals surface area contributed by atoms with E-state index in [9.17, 15) is 4.39 Å². The first-order valence-corrected chi connectivity index (χ1v) is 6.67. The Morgan fingerprint density at radius 1 is 1.35 bits per heavy atom. The molecule has 2 rings (SSSR count). The lowest BCUT2D eigenvalue weighted by Gasteiger charge is -2.13. The van der Waals surface area contributed by atoms with Gasteiger partial charge in [0, 0.05) is 12.1 Å². The molecule has 20 heavy (non-hydrogen) atoms. The van der Waals surface area contributed by atoms with Crippen molar-refractivity contribution in [2.24, 2.45) is 5.73 Å². The number of ether oxygens (including phenoxy) is 1. The van der Waals surface area contributed by atoms with Crippen LogP contribution in [0.15, 0.2) is 30.7 Å². The van der Waals surface area contributed by atoms with E-state index in [0.29, 0.717) is 6.04 Å². The molecular weight excluding hydrogens is 257 g/mol. The summed E-state index contributed by atoms with van der Waals surface area (Å²) in [7, 11) is 0. The minimum absolute atomic E-state index is 0.194. The third kappa shape index (κ3) is 3.17. The van der Waals surface area contributed by atoms with Gasteiger partial charge in [-0.2, -0.15) is 0 Å². The molecule has 0 spiro atoms. The van der Waals surface area contributed by atoms with Crippen LogP contribution in [0.1, 0.15) is 44.1 Å². The summed E-state index contributed by atoms with van der Waals surface area (Å²) in [5.74, 6) is -0.165. The molecule has 4 nitrogen and oxygen atoms in total. The zero-order chi connectivity index (χ0) is 14.7. The molecule has 0 radical (unpaired) electrons. The Labute approximate surface area is 118 Å².